The van der Waals surface area contributed by atoms with Crippen molar-refractivity contribution >= 4 is 17.6 Å². The number of anilines is 1. The second kappa shape index (κ2) is 7.19. The predicted molar refractivity (Wildman–Crippen MR) is 97.7 cm³/mol. The minimum Gasteiger partial charge on any atom is -0.337 e. The molecule has 1 aromatic heterocycles. The Morgan fingerprint density at radius 2 is 2.08 bits per heavy atom. The molecule has 4 rings (SSSR count). The highest BCUT2D eigenvalue weighted by molar-refractivity contribution is 5.96. The predicted octanol–water partition coefficient (Wildman–Crippen LogP) is 2.06. The summed E-state index contributed by atoms with van der Waals surface area (Å²) in [5, 5.41) is 9.92. The first kappa shape index (κ1) is 16.6. The Bertz CT molecular complexity index is 788. The maximum absolute atomic E-state index is 12.8. The number of carbonyl (C=O) groups excluding carboxylic acids is 2. The lowest BCUT2D eigenvalue weighted by Crippen LogP contribution is -2.55. The molecular formula is C19H23N5O2. The van der Waals surface area contributed by atoms with Crippen LogP contribution in [0.15, 0.2) is 36.5 Å². The molecule has 1 unspecified atom stereocenters. The third-order valence-electron chi connectivity index (χ3n) is 5.08. The van der Waals surface area contributed by atoms with Gasteiger partial charge in [0.1, 0.15) is 6.04 Å². The normalized spacial score (nSPS) is 20.0. The van der Waals surface area contributed by atoms with Crippen molar-refractivity contribution in [1.29, 1.82) is 0 Å². The van der Waals surface area contributed by atoms with Gasteiger partial charge in [-0.05, 0) is 31.2 Å². The first-order valence-corrected chi connectivity index (χ1v) is 9.15. The van der Waals surface area contributed by atoms with E-state index in [0.717, 1.165) is 42.8 Å². The van der Waals surface area contributed by atoms with Crippen LogP contribution in [0, 0.1) is 0 Å². The van der Waals surface area contributed by atoms with E-state index in [1.165, 1.54) is 0 Å². The summed E-state index contributed by atoms with van der Waals surface area (Å²) in [6.45, 7) is 1.96. The zero-order chi connectivity index (χ0) is 17.9. The molecule has 7 nitrogen and oxygen atoms in total. The molecule has 2 N–H and O–H groups in total. The largest absolute Gasteiger partial charge is 0.337 e. The van der Waals surface area contributed by atoms with Crippen LogP contribution in [-0.4, -0.2) is 46.2 Å². The van der Waals surface area contributed by atoms with Crippen LogP contribution in [0.2, 0.25) is 0 Å². The zero-order valence-electron chi connectivity index (χ0n) is 14.6. The number of likely N-dealkylation sites (tertiary alicyclic amines) is 1. The molecule has 2 aromatic rings. The average molecular weight is 353 g/mol. The Kier molecular flexibility index (Phi) is 4.60. The Morgan fingerprint density at radius 1 is 1.23 bits per heavy atom. The molecule has 0 bridgehead atoms. The lowest BCUT2D eigenvalue weighted by Gasteiger charge is -2.34. The Hall–Kier alpha value is -2.83. The van der Waals surface area contributed by atoms with Gasteiger partial charge in [-0.15, -0.1) is 0 Å². The molecule has 0 spiro atoms. The van der Waals surface area contributed by atoms with Crippen LogP contribution in [-0.2, 0) is 17.8 Å². The van der Waals surface area contributed by atoms with Crippen molar-refractivity contribution in [2.75, 3.05) is 18.0 Å². The minimum absolute atomic E-state index is 0.00196. The third-order valence-corrected chi connectivity index (χ3v) is 5.08. The molecule has 136 valence electrons. The van der Waals surface area contributed by atoms with Crippen molar-refractivity contribution in [3.63, 3.8) is 0 Å². The number of fused-ring (bicyclic) bond motifs is 1. The van der Waals surface area contributed by atoms with E-state index in [9.17, 15) is 9.59 Å². The number of aromatic nitrogens is 2. The quantitative estimate of drug-likeness (QED) is 0.886. The number of aromatic amines is 1. The number of hydrogen-bond donors (Lipinski definition) is 2. The summed E-state index contributed by atoms with van der Waals surface area (Å²) >= 11 is 0. The van der Waals surface area contributed by atoms with E-state index in [4.69, 9.17) is 0 Å². The van der Waals surface area contributed by atoms with E-state index in [0.29, 0.717) is 19.5 Å². The summed E-state index contributed by atoms with van der Waals surface area (Å²) in [5.74, 6) is -0.00196. The van der Waals surface area contributed by atoms with Crippen molar-refractivity contribution in [2.45, 2.75) is 38.3 Å². The van der Waals surface area contributed by atoms with Gasteiger partial charge in [-0.3, -0.25) is 14.8 Å². The Balaban J connectivity index is 1.42. The molecule has 3 amide bonds. The van der Waals surface area contributed by atoms with Crippen LogP contribution in [0.4, 0.5) is 10.5 Å². The monoisotopic (exact) mass is 353 g/mol. The van der Waals surface area contributed by atoms with Crippen molar-refractivity contribution in [3.8, 4) is 0 Å². The number of aryl methyl sites for hydroxylation is 1. The second-order valence-electron chi connectivity index (χ2n) is 6.88. The van der Waals surface area contributed by atoms with E-state index in [1.807, 2.05) is 35.2 Å². The van der Waals surface area contributed by atoms with Gasteiger partial charge in [0.2, 0.25) is 5.91 Å². The number of rotatable bonds is 3. The zero-order valence-corrected chi connectivity index (χ0v) is 14.6. The molecule has 2 aliphatic rings. The van der Waals surface area contributed by atoms with Crippen molar-refractivity contribution in [1.82, 2.24) is 20.4 Å². The topological polar surface area (TPSA) is 81.3 Å². The van der Waals surface area contributed by atoms with Crippen LogP contribution in [0.5, 0.6) is 0 Å². The van der Waals surface area contributed by atoms with Gasteiger partial charge < -0.3 is 10.2 Å². The lowest BCUT2D eigenvalue weighted by atomic mass is 10.0. The van der Waals surface area contributed by atoms with Gasteiger partial charge >= 0.3 is 6.03 Å². The summed E-state index contributed by atoms with van der Waals surface area (Å²) in [5.41, 5.74) is 2.90. The van der Waals surface area contributed by atoms with E-state index in [2.05, 4.69) is 15.5 Å². The molecule has 1 atom stereocenters. The highest BCUT2D eigenvalue weighted by Gasteiger charge is 2.32. The summed E-state index contributed by atoms with van der Waals surface area (Å²) in [6.07, 6.45) is 5.04. The summed E-state index contributed by atoms with van der Waals surface area (Å²) in [4.78, 5) is 29.1. The summed E-state index contributed by atoms with van der Waals surface area (Å²) in [7, 11) is 0. The molecular weight excluding hydrogens is 330 g/mol. The molecule has 2 aliphatic heterocycles. The number of nitrogens with one attached hydrogen (secondary N) is 2. The second-order valence-corrected chi connectivity index (χ2v) is 6.88. The van der Waals surface area contributed by atoms with Crippen LogP contribution >= 0.6 is 0 Å². The number of carbonyl (C=O) groups is 2. The number of H-pyrrole nitrogens is 1. The van der Waals surface area contributed by atoms with Crippen LogP contribution in [0.3, 0.4) is 0 Å². The Morgan fingerprint density at radius 3 is 2.92 bits per heavy atom. The fourth-order valence-corrected chi connectivity index (χ4v) is 3.73. The van der Waals surface area contributed by atoms with Crippen LogP contribution < -0.4 is 10.2 Å². The first-order valence-electron chi connectivity index (χ1n) is 9.15. The molecule has 3 heterocycles. The van der Waals surface area contributed by atoms with Crippen LogP contribution in [0.1, 0.15) is 30.5 Å². The molecule has 1 saturated heterocycles. The van der Waals surface area contributed by atoms with Gasteiger partial charge in [-0.1, -0.05) is 30.3 Å². The molecule has 0 saturated carbocycles. The van der Waals surface area contributed by atoms with Gasteiger partial charge in [0.05, 0.1) is 17.6 Å². The van der Waals surface area contributed by atoms with E-state index in [-0.39, 0.29) is 11.9 Å². The highest BCUT2D eigenvalue weighted by Crippen LogP contribution is 2.25. The molecule has 26 heavy (non-hydrogen) atoms. The standard InChI is InChI=1S/C19H23N5O2/c25-18-16(9-4-10-23(18)13-14-6-2-1-3-7-14)21-19(26)24-11-5-8-15-17(24)12-20-22-15/h1-3,6-7,12,16H,4-5,8-11,13H2,(H,20,22)(H,21,26). The van der Waals surface area contributed by atoms with E-state index < -0.39 is 6.04 Å². The third kappa shape index (κ3) is 3.29. The van der Waals surface area contributed by atoms with E-state index in [1.54, 1.807) is 11.1 Å². The fraction of sp³-hybridized carbons (Fsp3) is 0.421. The van der Waals surface area contributed by atoms with Gasteiger partial charge in [-0.2, -0.15) is 5.10 Å². The lowest BCUT2D eigenvalue weighted by molar-refractivity contribution is -0.136. The maximum atomic E-state index is 12.8. The van der Waals surface area contributed by atoms with E-state index >= 15 is 0 Å². The highest BCUT2D eigenvalue weighted by atomic mass is 16.2. The summed E-state index contributed by atoms with van der Waals surface area (Å²) in [6, 6.07) is 9.27. The number of amides is 3. The van der Waals surface area contributed by atoms with Crippen LogP contribution in [0.25, 0.3) is 0 Å². The molecule has 0 radical (unpaired) electrons. The molecule has 0 aliphatic carbocycles. The van der Waals surface area contributed by atoms with Crippen molar-refractivity contribution in [2.24, 2.45) is 0 Å². The van der Waals surface area contributed by atoms with Gasteiger partial charge in [0, 0.05) is 19.6 Å². The van der Waals surface area contributed by atoms with Gasteiger partial charge in [-0.25, -0.2) is 4.79 Å². The fourth-order valence-electron chi connectivity index (χ4n) is 3.73. The molecule has 7 heteroatoms. The van der Waals surface area contributed by atoms with Crippen molar-refractivity contribution < 1.29 is 9.59 Å². The average Bonchev–Trinajstić information content (AvgIpc) is 3.14. The van der Waals surface area contributed by atoms with Gasteiger partial charge in [0.15, 0.2) is 0 Å². The summed E-state index contributed by atoms with van der Waals surface area (Å²) < 4.78 is 0. The number of piperidine rings is 1. The maximum Gasteiger partial charge on any atom is 0.322 e. The number of hydrogen-bond acceptors (Lipinski definition) is 3. The number of urea groups is 1. The van der Waals surface area contributed by atoms with Gasteiger partial charge in [0.25, 0.3) is 0 Å². The minimum atomic E-state index is -0.461. The Labute approximate surface area is 152 Å². The first-order chi connectivity index (χ1) is 12.7. The molecule has 1 aromatic carbocycles. The SMILES string of the molecule is O=C1C(NC(=O)N2CCCc3[nH]ncc32)CCCN1Cc1ccccc1. The number of nitrogens with zero attached hydrogens (tertiary/aromatic N) is 3. The number of benzene rings is 1. The molecule has 1 fully saturated rings. The smallest absolute Gasteiger partial charge is 0.322 e. The van der Waals surface area contributed by atoms with Crippen molar-refractivity contribution in [3.05, 3.63) is 47.8 Å².